The quantitative estimate of drug-likeness (QED) is 0.501. The Bertz CT molecular complexity index is 462. The molecule has 0 atom stereocenters. The largest absolute Gasteiger partial charge is 0.457 e. The maximum absolute atomic E-state index is 11.7. The normalized spacial score (nSPS) is 14.9. The van der Waals surface area contributed by atoms with Gasteiger partial charge in [-0.2, -0.15) is 10.9 Å². The molecule has 0 N–H and O–H groups in total. The van der Waals surface area contributed by atoms with Gasteiger partial charge in [0.15, 0.2) is 0 Å². The van der Waals surface area contributed by atoms with E-state index in [1.165, 1.54) is 0 Å². The molecule has 2 rings (SSSR count). The molecule has 0 aliphatic carbocycles. The minimum absolute atomic E-state index is 0.301. The summed E-state index contributed by atoms with van der Waals surface area (Å²) in [7, 11) is -0.656. The molecule has 0 unspecified atom stereocenters. The molecule has 2 nitrogen and oxygen atoms in total. The average Bonchev–Trinajstić information content (AvgIpc) is 2.90. The molecule has 1 aliphatic rings. The van der Waals surface area contributed by atoms with E-state index in [2.05, 4.69) is 6.58 Å². The van der Waals surface area contributed by atoms with Crippen LogP contribution in [0.1, 0.15) is 5.56 Å². The van der Waals surface area contributed by atoms with Crippen molar-refractivity contribution in [1.29, 1.82) is 0 Å². The van der Waals surface area contributed by atoms with Gasteiger partial charge >= 0.3 is 5.97 Å². The third-order valence-electron chi connectivity index (χ3n) is 2.36. The van der Waals surface area contributed by atoms with Gasteiger partial charge in [0.05, 0.1) is 4.91 Å². The summed E-state index contributed by atoms with van der Waals surface area (Å²) in [5, 5.41) is 3.98. The molecule has 17 heavy (non-hydrogen) atoms. The molecule has 0 fully saturated rings. The molecule has 88 valence electrons. The third kappa shape index (κ3) is 3.11. The predicted octanol–water partition coefficient (Wildman–Crippen LogP) is 3.29. The van der Waals surface area contributed by atoms with E-state index in [-0.39, 0.29) is 5.97 Å². The third-order valence-corrected chi connectivity index (χ3v) is 4.16. The maximum Gasteiger partial charge on any atom is 0.343 e. The molecule has 1 aromatic carbocycles. The second-order valence-electron chi connectivity index (χ2n) is 3.60. The van der Waals surface area contributed by atoms with Crippen molar-refractivity contribution in [2.24, 2.45) is 0 Å². The van der Waals surface area contributed by atoms with E-state index in [1.807, 2.05) is 53.3 Å². The fourth-order valence-corrected chi connectivity index (χ4v) is 2.73. The Morgan fingerprint density at radius 3 is 2.47 bits per heavy atom. The molecule has 0 bridgehead atoms. The van der Waals surface area contributed by atoms with Gasteiger partial charge in [0.2, 0.25) is 0 Å². The fraction of sp³-hybridized carbons (Fsp3) is 0.0714. The van der Waals surface area contributed by atoms with Crippen LogP contribution in [0.3, 0.4) is 0 Å². The second-order valence-corrected chi connectivity index (χ2v) is 5.55. The van der Waals surface area contributed by atoms with Crippen LogP contribution >= 0.6 is 10.9 Å². The molecule has 1 aliphatic heterocycles. The van der Waals surface area contributed by atoms with E-state index in [0.717, 1.165) is 5.56 Å². The van der Waals surface area contributed by atoms with Crippen LogP contribution in [0.2, 0.25) is 0 Å². The van der Waals surface area contributed by atoms with Gasteiger partial charge in [-0.25, -0.2) is 4.79 Å². The molecule has 0 saturated heterocycles. The molecular weight excluding hydrogens is 232 g/mol. The Kier molecular flexibility index (Phi) is 3.83. The summed E-state index contributed by atoms with van der Waals surface area (Å²) < 4.78 is 5.21. The van der Waals surface area contributed by atoms with Crippen LogP contribution in [0.4, 0.5) is 0 Å². The van der Waals surface area contributed by atoms with Crippen molar-refractivity contribution in [3.63, 3.8) is 0 Å². The lowest BCUT2D eigenvalue weighted by Gasteiger charge is -2.12. The number of rotatable bonds is 4. The van der Waals surface area contributed by atoms with Crippen LogP contribution in [0, 0.1) is 0 Å². The Morgan fingerprint density at radius 2 is 1.82 bits per heavy atom. The first-order valence-corrected chi connectivity index (χ1v) is 6.78. The Morgan fingerprint density at radius 1 is 1.18 bits per heavy atom. The van der Waals surface area contributed by atoms with Crippen LogP contribution in [-0.2, 0) is 16.1 Å². The lowest BCUT2D eigenvalue weighted by atomic mass is 10.2. The highest BCUT2D eigenvalue weighted by Gasteiger charge is 2.14. The van der Waals surface area contributed by atoms with Crippen molar-refractivity contribution in [1.82, 2.24) is 0 Å². The van der Waals surface area contributed by atoms with Gasteiger partial charge in [-0.05, 0) is 16.4 Å². The average molecular weight is 246 g/mol. The predicted molar refractivity (Wildman–Crippen MR) is 72.6 cm³/mol. The van der Waals surface area contributed by atoms with Gasteiger partial charge in [0.1, 0.15) is 6.61 Å². The fourth-order valence-electron chi connectivity index (χ4n) is 1.43. The molecule has 1 aromatic rings. The molecule has 0 aromatic heterocycles. The highest BCUT2D eigenvalue weighted by molar-refractivity contribution is 8.26. The summed E-state index contributed by atoms with van der Waals surface area (Å²) in [4.78, 5) is 12.3. The topological polar surface area (TPSA) is 26.3 Å². The highest BCUT2D eigenvalue weighted by Crippen LogP contribution is 2.40. The number of carbonyl (C=O) groups is 1. The summed E-state index contributed by atoms with van der Waals surface area (Å²) in [5.41, 5.74) is 0.985. The lowest BCUT2D eigenvalue weighted by molar-refractivity contribution is -0.139. The number of benzene rings is 1. The zero-order valence-electron chi connectivity index (χ0n) is 9.37. The first-order valence-electron chi connectivity index (χ1n) is 5.30. The lowest BCUT2D eigenvalue weighted by Crippen LogP contribution is -2.06. The molecule has 3 heteroatoms. The summed E-state index contributed by atoms with van der Waals surface area (Å²) in [6, 6.07) is 9.63. The van der Waals surface area contributed by atoms with Crippen LogP contribution in [-0.4, -0.2) is 5.97 Å². The number of thiol groups is 1. The zero-order chi connectivity index (χ0) is 12.1. The molecule has 0 spiro atoms. The van der Waals surface area contributed by atoms with Crippen LogP contribution < -0.4 is 0 Å². The Balaban J connectivity index is 1.87. The number of ether oxygens (including phenoxy) is 1. The van der Waals surface area contributed by atoms with Gasteiger partial charge in [0, 0.05) is 0 Å². The van der Waals surface area contributed by atoms with Crippen molar-refractivity contribution >= 4 is 16.9 Å². The molecule has 0 radical (unpaired) electrons. The maximum atomic E-state index is 11.7. The van der Waals surface area contributed by atoms with E-state index in [1.54, 1.807) is 0 Å². The number of esters is 1. The number of hydrogen-bond acceptors (Lipinski definition) is 2. The standard InChI is InChI=1S/C14H14O2S/c1-12(17-9-5-6-10-17)14(15)16-11-13-7-3-2-4-8-13/h2-10,17H,1,11H2. The molecule has 0 amide bonds. The number of allylic oxidation sites excluding steroid dienone is 2. The van der Waals surface area contributed by atoms with Crippen molar-refractivity contribution in [3.05, 3.63) is 70.3 Å². The highest BCUT2D eigenvalue weighted by atomic mass is 32.2. The van der Waals surface area contributed by atoms with E-state index in [0.29, 0.717) is 11.5 Å². The van der Waals surface area contributed by atoms with E-state index < -0.39 is 10.9 Å². The minimum atomic E-state index is -0.656. The van der Waals surface area contributed by atoms with Gasteiger partial charge in [-0.1, -0.05) is 49.1 Å². The van der Waals surface area contributed by atoms with Gasteiger partial charge in [0.25, 0.3) is 0 Å². The van der Waals surface area contributed by atoms with Gasteiger partial charge in [-0.15, -0.1) is 0 Å². The minimum Gasteiger partial charge on any atom is -0.457 e. The smallest absolute Gasteiger partial charge is 0.343 e. The molecule has 0 saturated carbocycles. The SMILES string of the molecule is C=C(C(=O)OCc1ccccc1)[SH]1C=CC=C1. The number of carbonyl (C=O) groups excluding carboxylic acids is 1. The first-order chi connectivity index (χ1) is 8.27. The Labute approximate surface area is 104 Å². The van der Waals surface area contributed by atoms with Crippen LogP contribution in [0.15, 0.2) is 64.8 Å². The van der Waals surface area contributed by atoms with E-state index in [4.69, 9.17) is 4.74 Å². The summed E-state index contributed by atoms with van der Waals surface area (Å²) in [6.07, 6.45) is 3.86. The monoisotopic (exact) mass is 246 g/mol. The van der Waals surface area contributed by atoms with Crippen LogP contribution in [0.25, 0.3) is 0 Å². The van der Waals surface area contributed by atoms with Gasteiger partial charge in [-0.3, -0.25) is 0 Å². The van der Waals surface area contributed by atoms with Crippen molar-refractivity contribution < 1.29 is 9.53 Å². The van der Waals surface area contributed by atoms with Crippen molar-refractivity contribution in [3.8, 4) is 0 Å². The van der Waals surface area contributed by atoms with E-state index in [9.17, 15) is 4.79 Å². The summed E-state index contributed by atoms with van der Waals surface area (Å²) in [6.45, 7) is 4.10. The summed E-state index contributed by atoms with van der Waals surface area (Å²) in [5.74, 6) is -0.309. The van der Waals surface area contributed by atoms with E-state index >= 15 is 0 Å². The molecular formula is C14H14O2S. The number of hydrogen-bond donors (Lipinski definition) is 1. The van der Waals surface area contributed by atoms with Crippen LogP contribution in [0.5, 0.6) is 0 Å². The zero-order valence-corrected chi connectivity index (χ0v) is 10.3. The molecule has 1 heterocycles. The van der Waals surface area contributed by atoms with Crippen molar-refractivity contribution in [2.45, 2.75) is 6.61 Å². The second kappa shape index (κ2) is 5.55. The first kappa shape index (κ1) is 11.7. The van der Waals surface area contributed by atoms with Crippen molar-refractivity contribution in [2.75, 3.05) is 0 Å². The summed E-state index contributed by atoms with van der Waals surface area (Å²) >= 11 is 0. The van der Waals surface area contributed by atoms with Gasteiger partial charge < -0.3 is 4.74 Å². The Hall–Kier alpha value is -1.74.